The van der Waals surface area contributed by atoms with Crippen molar-refractivity contribution in [2.75, 3.05) is 31.3 Å². The molecule has 0 aliphatic carbocycles. The number of ether oxygens (including phenoxy) is 1. The Kier molecular flexibility index (Phi) is 6.02. The van der Waals surface area contributed by atoms with Crippen LogP contribution in [0, 0.1) is 5.92 Å². The summed E-state index contributed by atoms with van der Waals surface area (Å²) in [5, 5.41) is 0. The molecule has 1 aliphatic rings. The Morgan fingerprint density at radius 1 is 1.35 bits per heavy atom. The van der Waals surface area contributed by atoms with Gasteiger partial charge in [0.15, 0.2) is 29.3 Å². The molecule has 0 radical (unpaired) electrons. The molecule has 4 atom stereocenters. The first-order valence-corrected chi connectivity index (χ1v) is 11.8. The number of fused-ring (bicyclic) bond motifs is 1. The second-order valence-electron chi connectivity index (χ2n) is 7.60. The molecule has 0 saturated carbocycles. The maximum absolute atomic E-state index is 15.5. The van der Waals surface area contributed by atoms with Gasteiger partial charge in [-0.3, -0.25) is 9.09 Å². The van der Waals surface area contributed by atoms with Crippen LogP contribution in [-0.2, 0) is 21.1 Å². The monoisotopic (exact) mass is 465 g/mol. The number of para-hydroxylation sites is 1. The zero-order valence-corrected chi connectivity index (χ0v) is 19.0. The molecule has 1 saturated heterocycles. The van der Waals surface area contributed by atoms with Gasteiger partial charge in [-0.1, -0.05) is 25.1 Å². The number of halogens is 1. The van der Waals surface area contributed by atoms with Crippen molar-refractivity contribution in [1.29, 1.82) is 0 Å². The molecular weight excluding hydrogens is 442 g/mol. The van der Waals surface area contributed by atoms with Crippen LogP contribution in [0.5, 0.6) is 5.75 Å². The third-order valence-corrected chi connectivity index (χ3v) is 6.11. The summed E-state index contributed by atoms with van der Waals surface area (Å²) in [4.78, 5) is 14.7. The highest BCUT2D eigenvalue weighted by molar-refractivity contribution is 8.00. The zero-order chi connectivity index (χ0) is 22.2. The van der Waals surface area contributed by atoms with Gasteiger partial charge in [0.1, 0.15) is 6.23 Å². The number of imidazole rings is 1. The van der Waals surface area contributed by atoms with Crippen LogP contribution in [0.1, 0.15) is 19.6 Å². The van der Waals surface area contributed by atoms with Crippen molar-refractivity contribution in [3.05, 3.63) is 36.7 Å². The molecule has 2 N–H and O–H groups in total. The molecule has 164 valence electrons. The number of nitrogens with zero attached hydrogens (tertiary/aromatic N) is 5. The highest BCUT2D eigenvalue weighted by atomic mass is 32.4. The molecule has 3 heterocycles. The summed E-state index contributed by atoms with van der Waals surface area (Å²) in [5.41, 5.74) is 6.92. The van der Waals surface area contributed by atoms with Crippen molar-refractivity contribution in [1.82, 2.24) is 19.5 Å². The fourth-order valence-electron chi connectivity index (χ4n) is 3.55. The summed E-state index contributed by atoms with van der Waals surface area (Å²) in [7, 11) is 1.95. The van der Waals surface area contributed by atoms with Crippen LogP contribution in [-0.4, -0.2) is 46.1 Å². The van der Waals surface area contributed by atoms with Crippen molar-refractivity contribution in [2.24, 2.45) is 5.92 Å². The van der Waals surface area contributed by atoms with Gasteiger partial charge in [-0.15, -0.1) is 4.52 Å². The van der Waals surface area contributed by atoms with E-state index in [4.69, 9.17) is 31.3 Å². The van der Waals surface area contributed by atoms with Gasteiger partial charge >= 0.3 is 7.15 Å². The van der Waals surface area contributed by atoms with Gasteiger partial charge in [-0.2, -0.15) is 9.97 Å². The predicted molar refractivity (Wildman–Crippen MR) is 119 cm³/mol. The number of nitrogen functional groups attached to an aromatic ring is 1. The minimum Gasteiger partial charge on any atom is -0.368 e. The van der Waals surface area contributed by atoms with Gasteiger partial charge in [-0.25, -0.2) is 9.37 Å². The van der Waals surface area contributed by atoms with Crippen molar-refractivity contribution < 1.29 is 18.2 Å². The van der Waals surface area contributed by atoms with E-state index in [9.17, 15) is 0 Å². The van der Waals surface area contributed by atoms with Gasteiger partial charge in [-0.05, 0) is 12.1 Å². The average Bonchev–Trinajstić information content (AvgIpc) is 3.27. The van der Waals surface area contributed by atoms with Gasteiger partial charge in [0.05, 0.1) is 6.33 Å². The summed E-state index contributed by atoms with van der Waals surface area (Å²) in [5.74, 6) is -0.918. The van der Waals surface area contributed by atoms with E-state index in [1.165, 1.54) is 0 Å². The lowest BCUT2D eigenvalue weighted by molar-refractivity contribution is -0.172. The second kappa shape index (κ2) is 8.58. The smallest absolute Gasteiger partial charge is 0.368 e. The third kappa shape index (κ3) is 4.59. The summed E-state index contributed by atoms with van der Waals surface area (Å²) < 4.78 is 33.9. The quantitative estimate of drug-likeness (QED) is 0.525. The summed E-state index contributed by atoms with van der Waals surface area (Å²) in [6.07, 6.45) is 1.06. The van der Waals surface area contributed by atoms with Gasteiger partial charge < -0.3 is 15.4 Å². The average molecular weight is 465 g/mol. The number of hydrogen-bond donors (Lipinski definition) is 1. The molecule has 2 aromatic heterocycles. The number of anilines is 2. The topological polar surface area (TPSA) is 101 Å². The fourth-order valence-corrected chi connectivity index (χ4v) is 4.61. The molecule has 31 heavy (non-hydrogen) atoms. The molecule has 1 unspecified atom stereocenters. The lowest BCUT2D eigenvalue weighted by Crippen LogP contribution is -2.28. The molecule has 0 bridgehead atoms. The third-order valence-electron chi connectivity index (χ3n) is 4.87. The Morgan fingerprint density at radius 3 is 2.81 bits per heavy atom. The van der Waals surface area contributed by atoms with Crippen LogP contribution in [0.2, 0.25) is 0 Å². The molecule has 9 nitrogen and oxygen atoms in total. The molecule has 1 aromatic carbocycles. The van der Waals surface area contributed by atoms with Crippen molar-refractivity contribution >= 4 is 41.9 Å². The SMILES string of the molecule is C[C@H]1C[C@@](F)(CO[P+](=S)Oc2ccccc2)O[C@H]1n1cnc2c(N(C)C)nc(N)nc21. The zero-order valence-electron chi connectivity index (χ0n) is 17.3. The summed E-state index contributed by atoms with van der Waals surface area (Å²) in [6.45, 7) is 1.56. The van der Waals surface area contributed by atoms with Gasteiger partial charge in [0.25, 0.3) is 0 Å². The highest BCUT2D eigenvalue weighted by Crippen LogP contribution is 2.44. The minimum absolute atomic E-state index is 0.105. The number of benzene rings is 1. The number of hydrogen-bond acceptors (Lipinski definition) is 9. The molecule has 3 aromatic rings. The van der Waals surface area contributed by atoms with Crippen LogP contribution in [0.25, 0.3) is 11.2 Å². The predicted octanol–water partition coefficient (Wildman–Crippen LogP) is 3.56. The van der Waals surface area contributed by atoms with E-state index in [1.54, 1.807) is 27.9 Å². The van der Waals surface area contributed by atoms with Gasteiger partial charge in [0.2, 0.25) is 23.6 Å². The van der Waals surface area contributed by atoms with E-state index in [1.807, 2.05) is 39.2 Å². The van der Waals surface area contributed by atoms with Crippen LogP contribution in [0.4, 0.5) is 16.2 Å². The summed E-state index contributed by atoms with van der Waals surface area (Å²) in [6, 6.07) is 9.04. The first-order valence-electron chi connectivity index (χ1n) is 9.63. The molecule has 0 spiro atoms. The fraction of sp³-hybridized carbons (Fsp3) is 0.421. The van der Waals surface area contributed by atoms with Crippen molar-refractivity contribution in [2.45, 2.75) is 25.4 Å². The molecule has 0 amide bonds. The van der Waals surface area contributed by atoms with E-state index in [2.05, 4.69) is 15.0 Å². The Morgan fingerprint density at radius 2 is 2.10 bits per heavy atom. The normalized spacial score (nSPS) is 23.8. The largest absolute Gasteiger partial charge is 0.574 e. The Hall–Kier alpha value is -2.46. The van der Waals surface area contributed by atoms with E-state index >= 15 is 4.39 Å². The molecule has 12 heteroatoms. The Labute approximate surface area is 184 Å². The number of nitrogens with two attached hydrogens (primary N) is 1. The van der Waals surface area contributed by atoms with Crippen LogP contribution in [0.15, 0.2) is 36.7 Å². The summed E-state index contributed by atoms with van der Waals surface area (Å²) >= 11 is 5.21. The van der Waals surface area contributed by atoms with E-state index < -0.39 is 19.2 Å². The molecule has 1 fully saturated rings. The minimum atomic E-state index is -2.01. The lowest BCUT2D eigenvalue weighted by atomic mass is 10.1. The van der Waals surface area contributed by atoms with Crippen molar-refractivity contribution in [3.63, 3.8) is 0 Å². The van der Waals surface area contributed by atoms with Gasteiger partial charge in [0, 0.05) is 26.4 Å². The molecule has 1 aliphatic heterocycles. The number of rotatable bonds is 7. The number of aromatic nitrogens is 4. The number of alkyl halides is 1. The Balaban J connectivity index is 1.49. The second-order valence-corrected chi connectivity index (χ2v) is 9.38. The molecular formula is C19H23FN6O3PS+. The van der Waals surface area contributed by atoms with E-state index in [0.717, 1.165) is 0 Å². The van der Waals surface area contributed by atoms with E-state index in [-0.39, 0.29) is 24.9 Å². The lowest BCUT2D eigenvalue weighted by Gasteiger charge is -2.20. The maximum Gasteiger partial charge on any atom is 0.574 e. The van der Waals surface area contributed by atoms with Crippen molar-refractivity contribution in [3.8, 4) is 5.75 Å². The Bertz CT molecular complexity index is 1100. The van der Waals surface area contributed by atoms with Crippen LogP contribution >= 0.6 is 7.15 Å². The first kappa shape index (κ1) is 21.8. The van der Waals surface area contributed by atoms with Crippen LogP contribution in [0.3, 0.4) is 0 Å². The van der Waals surface area contributed by atoms with Crippen LogP contribution < -0.4 is 15.2 Å². The first-order chi connectivity index (χ1) is 14.8. The van der Waals surface area contributed by atoms with E-state index in [0.29, 0.717) is 22.7 Å². The highest BCUT2D eigenvalue weighted by Gasteiger charge is 2.48. The molecule has 4 rings (SSSR count). The maximum atomic E-state index is 15.5. The standard InChI is InChI=1S/C19H23FN6O3PS/c1-12-9-19(20,10-27-30(31)29-13-7-5-4-6-8-13)28-17(12)26-11-22-14-15(25(2)3)23-18(21)24-16(14)26/h4-8,11-12,17H,9-10H2,1-3H3,(H2,21,23,24)/q+1/t12-,17+,19-/m0/s1.